The molecule has 26 heavy (non-hydrogen) atoms. The average molecular weight is 384 g/mol. The van der Waals surface area contributed by atoms with Crippen molar-refractivity contribution in [1.29, 1.82) is 0 Å². The Morgan fingerprint density at radius 2 is 1.88 bits per heavy atom. The van der Waals surface area contributed by atoms with Gasteiger partial charge in [-0.2, -0.15) is 4.31 Å². The summed E-state index contributed by atoms with van der Waals surface area (Å²) in [6.07, 6.45) is 1.03. The molecule has 0 radical (unpaired) electrons. The highest BCUT2D eigenvalue weighted by atomic mass is 32.2. The summed E-state index contributed by atoms with van der Waals surface area (Å²) in [4.78, 5) is 12.3. The first-order valence-electron chi connectivity index (χ1n) is 8.79. The molecule has 0 unspecified atom stereocenters. The van der Waals surface area contributed by atoms with Crippen LogP contribution in [0, 0.1) is 11.8 Å². The Morgan fingerprint density at radius 3 is 2.42 bits per heavy atom. The predicted molar refractivity (Wildman–Crippen MR) is 98.9 cm³/mol. The summed E-state index contributed by atoms with van der Waals surface area (Å²) in [5.41, 5.74) is 0. The number of hydrogen-bond donors (Lipinski definition) is 1. The molecule has 2 rings (SSSR count). The van der Waals surface area contributed by atoms with Crippen molar-refractivity contribution in [3.8, 4) is 11.5 Å². The molecule has 1 N–H and O–H groups in total. The van der Waals surface area contributed by atoms with Gasteiger partial charge < -0.3 is 14.8 Å². The van der Waals surface area contributed by atoms with Crippen molar-refractivity contribution in [2.24, 2.45) is 11.8 Å². The molecule has 1 aromatic rings. The molecular formula is C18H28N2O5S. The zero-order valence-electron chi connectivity index (χ0n) is 15.8. The smallest absolute Gasteiger partial charge is 0.246 e. The fourth-order valence-corrected chi connectivity index (χ4v) is 4.54. The molecule has 1 aromatic carbocycles. The predicted octanol–water partition coefficient (Wildman–Crippen LogP) is 1.88. The lowest BCUT2D eigenvalue weighted by atomic mass is 9.97. The third-order valence-electron chi connectivity index (χ3n) is 4.50. The molecule has 1 heterocycles. The van der Waals surface area contributed by atoms with Gasteiger partial charge in [-0.05, 0) is 30.9 Å². The van der Waals surface area contributed by atoms with Crippen LogP contribution in [-0.2, 0) is 14.8 Å². The molecule has 7 nitrogen and oxygen atoms in total. The molecule has 0 saturated carbocycles. The molecule has 1 amide bonds. The van der Waals surface area contributed by atoms with Crippen LogP contribution < -0.4 is 14.8 Å². The van der Waals surface area contributed by atoms with Gasteiger partial charge >= 0.3 is 0 Å². The van der Waals surface area contributed by atoms with E-state index in [9.17, 15) is 13.2 Å². The van der Waals surface area contributed by atoms with E-state index in [1.165, 1.54) is 24.6 Å². The fraction of sp³-hybridized carbons (Fsp3) is 0.611. The first kappa shape index (κ1) is 20.5. The highest BCUT2D eigenvalue weighted by Crippen LogP contribution is 2.32. The second kappa shape index (κ2) is 8.73. The maximum atomic E-state index is 13.0. The molecule has 0 aromatic heterocycles. The van der Waals surface area contributed by atoms with Crippen LogP contribution in [0.2, 0.25) is 0 Å². The molecule has 0 bridgehead atoms. The number of sulfonamides is 1. The topological polar surface area (TPSA) is 84.9 Å². The normalized spacial score (nSPS) is 16.5. The van der Waals surface area contributed by atoms with Crippen LogP contribution in [0.3, 0.4) is 0 Å². The van der Waals surface area contributed by atoms with Crippen molar-refractivity contribution in [3.05, 3.63) is 18.2 Å². The quantitative estimate of drug-likeness (QED) is 0.776. The van der Waals surface area contributed by atoms with E-state index in [0.29, 0.717) is 44.1 Å². The van der Waals surface area contributed by atoms with Crippen LogP contribution in [-0.4, -0.2) is 52.5 Å². The standard InChI is InChI=1S/C18H28N2O5S/c1-13(2)12-19-18(21)14-7-9-20(10-8-14)26(22,23)17-6-5-15(24-3)11-16(17)25-4/h5-6,11,13-14H,7-10,12H2,1-4H3,(H,19,21). The van der Waals surface area contributed by atoms with Crippen molar-refractivity contribution in [2.75, 3.05) is 33.9 Å². The van der Waals surface area contributed by atoms with Crippen molar-refractivity contribution in [3.63, 3.8) is 0 Å². The van der Waals surface area contributed by atoms with Gasteiger partial charge in [-0.3, -0.25) is 4.79 Å². The van der Waals surface area contributed by atoms with Crippen LogP contribution in [0.5, 0.6) is 11.5 Å². The number of hydrogen-bond acceptors (Lipinski definition) is 5. The Labute approximate surface area is 155 Å². The maximum Gasteiger partial charge on any atom is 0.246 e. The number of piperidine rings is 1. The third-order valence-corrected chi connectivity index (χ3v) is 6.44. The Morgan fingerprint density at radius 1 is 1.23 bits per heavy atom. The Bertz CT molecular complexity index is 725. The van der Waals surface area contributed by atoms with E-state index in [-0.39, 0.29) is 22.5 Å². The summed E-state index contributed by atoms with van der Waals surface area (Å²) >= 11 is 0. The minimum absolute atomic E-state index is 0.0118. The van der Waals surface area contributed by atoms with Crippen LogP contribution in [0.25, 0.3) is 0 Å². The number of methoxy groups -OCH3 is 2. The van der Waals surface area contributed by atoms with Gasteiger partial charge in [0.25, 0.3) is 0 Å². The van der Waals surface area contributed by atoms with Gasteiger partial charge in [0.1, 0.15) is 16.4 Å². The first-order valence-corrected chi connectivity index (χ1v) is 10.2. The van der Waals surface area contributed by atoms with Gasteiger partial charge in [0.15, 0.2) is 0 Å². The third kappa shape index (κ3) is 4.67. The largest absolute Gasteiger partial charge is 0.497 e. The number of rotatable bonds is 7. The minimum Gasteiger partial charge on any atom is -0.497 e. The van der Waals surface area contributed by atoms with Crippen LogP contribution >= 0.6 is 0 Å². The average Bonchev–Trinajstić information content (AvgIpc) is 2.65. The van der Waals surface area contributed by atoms with E-state index >= 15 is 0 Å². The number of amides is 1. The van der Waals surface area contributed by atoms with E-state index in [1.54, 1.807) is 12.1 Å². The van der Waals surface area contributed by atoms with E-state index in [4.69, 9.17) is 9.47 Å². The Hall–Kier alpha value is -1.80. The lowest BCUT2D eigenvalue weighted by Gasteiger charge is -2.31. The summed E-state index contributed by atoms with van der Waals surface area (Å²) in [7, 11) is -0.742. The van der Waals surface area contributed by atoms with E-state index in [2.05, 4.69) is 5.32 Å². The van der Waals surface area contributed by atoms with Gasteiger partial charge in [-0.1, -0.05) is 13.8 Å². The van der Waals surface area contributed by atoms with Gasteiger partial charge in [-0.15, -0.1) is 0 Å². The van der Waals surface area contributed by atoms with E-state index < -0.39 is 10.0 Å². The van der Waals surface area contributed by atoms with Gasteiger partial charge in [-0.25, -0.2) is 8.42 Å². The highest BCUT2D eigenvalue weighted by Gasteiger charge is 2.33. The Kier molecular flexibility index (Phi) is 6.88. The number of ether oxygens (including phenoxy) is 2. The summed E-state index contributed by atoms with van der Waals surface area (Å²) < 4.78 is 37.7. The molecule has 1 saturated heterocycles. The van der Waals surface area contributed by atoms with Crippen molar-refractivity contribution in [2.45, 2.75) is 31.6 Å². The van der Waals surface area contributed by atoms with Gasteiger partial charge in [0.2, 0.25) is 15.9 Å². The van der Waals surface area contributed by atoms with Crippen LogP contribution in [0.15, 0.2) is 23.1 Å². The van der Waals surface area contributed by atoms with Crippen molar-refractivity contribution in [1.82, 2.24) is 9.62 Å². The molecule has 0 aliphatic carbocycles. The minimum atomic E-state index is -3.68. The van der Waals surface area contributed by atoms with E-state index in [1.807, 2.05) is 13.8 Å². The summed E-state index contributed by atoms with van der Waals surface area (Å²) in [5.74, 6) is 1.04. The summed E-state index contributed by atoms with van der Waals surface area (Å²) in [6.45, 7) is 5.35. The zero-order valence-corrected chi connectivity index (χ0v) is 16.6. The number of nitrogens with one attached hydrogen (secondary N) is 1. The van der Waals surface area contributed by atoms with Gasteiger partial charge in [0, 0.05) is 31.6 Å². The number of carbonyl (C=O) groups excluding carboxylic acids is 1. The first-order chi connectivity index (χ1) is 12.3. The molecule has 1 aliphatic heterocycles. The maximum absolute atomic E-state index is 13.0. The molecule has 0 atom stereocenters. The molecule has 146 valence electrons. The summed E-state index contributed by atoms with van der Waals surface area (Å²) in [5, 5.41) is 2.93. The molecule has 0 spiro atoms. The molecular weight excluding hydrogens is 356 g/mol. The summed E-state index contributed by atoms with van der Waals surface area (Å²) in [6, 6.07) is 4.65. The number of nitrogens with zero attached hydrogens (tertiary/aromatic N) is 1. The van der Waals surface area contributed by atoms with E-state index in [0.717, 1.165) is 0 Å². The van der Waals surface area contributed by atoms with Crippen LogP contribution in [0.4, 0.5) is 0 Å². The number of carbonyl (C=O) groups is 1. The lowest BCUT2D eigenvalue weighted by Crippen LogP contribution is -2.43. The Balaban J connectivity index is 2.07. The highest BCUT2D eigenvalue weighted by molar-refractivity contribution is 7.89. The molecule has 8 heteroatoms. The fourth-order valence-electron chi connectivity index (χ4n) is 2.93. The lowest BCUT2D eigenvalue weighted by molar-refractivity contribution is -0.126. The second-order valence-electron chi connectivity index (χ2n) is 6.83. The van der Waals surface area contributed by atoms with Crippen LogP contribution in [0.1, 0.15) is 26.7 Å². The van der Waals surface area contributed by atoms with Crippen molar-refractivity contribution < 1.29 is 22.7 Å². The second-order valence-corrected chi connectivity index (χ2v) is 8.74. The monoisotopic (exact) mass is 384 g/mol. The molecule has 1 aliphatic rings. The number of benzene rings is 1. The SMILES string of the molecule is COc1ccc(S(=O)(=O)N2CCC(C(=O)NCC(C)C)CC2)c(OC)c1. The van der Waals surface area contributed by atoms with Gasteiger partial charge in [0.05, 0.1) is 14.2 Å². The van der Waals surface area contributed by atoms with Crippen molar-refractivity contribution >= 4 is 15.9 Å². The molecule has 1 fully saturated rings. The zero-order chi connectivity index (χ0) is 19.3.